The van der Waals surface area contributed by atoms with Crippen LogP contribution in [0.5, 0.6) is 0 Å². The molecule has 86 valence electrons. The molecule has 0 radical (unpaired) electrons. The maximum absolute atomic E-state index is 11.0. The predicted molar refractivity (Wildman–Crippen MR) is 59.2 cm³/mol. The van der Waals surface area contributed by atoms with Crippen LogP contribution >= 0.6 is 0 Å². The topological polar surface area (TPSA) is 74.6 Å². The third-order valence-electron chi connectivity index (χ3n) is 2.55. The predicted octanol–water partition coefficient (Wildman–Crippen LogP) is 2.51. The molecular weight excluding hydrogens is 208 g/mol. The highest BCUT2D eigenvalue weighted by atomic mass is 16.4. The Labute approximate surface area is 93.5 Å². The van der Waals surface area contributed by atoms with Crippen LogP contribution < -0.4 is 0 Å². The molecule has 0 atom stereocenters. The lowest BCUT2D eigenvalue weighted by molar-refractivity contribution is 0.0679. The van der Waals surface area contributed by atoms with E-state index >= 15 is 0 Å². The van der Waals surface area contributed by atoms with E-state index in [2.05, 4.69) is 0 Å². The number of carboxylic acids is 2. The maximum Gasteiger partial charge on any atom is 0.335 e. The Kier molecular flexibility index (Phi) is 3.32. The summed E-state index contributed by atoms with van der Waals surface area (Å²) in [4.78, 5) is 21.9. The zero-order valence-corrected chi connectivity index (χ0v) is 9.44. The molecule has 4 heteroatoms. The van der Waals surface area contributed by atoms with Crippen LogP contribution in [0.25, 0.3) is 0 Å². The normalized spacial score (nSPS) is 10.5. The molecule has 16 heavy (non-hydrogen) atoms. The van der Waals surface area contributed by atoms with E-state index in [-0.39, 0.29) is 17.0 Å². The zero-order chi connectivity index (χ0) is 12.5. The first-order valence-corrected chi connectivity index (χ1v) is 4.96. The van der Waals surface area contributed by atoms with Gasteiger partial charge in [0.15, 0.2) is 0 Å². The minimum atomic E-state index is -1.03. The largest absolute Gasteiger partial charge is 0.478 e. The van der Waals surface area contributed by atoms with Gasteiger partial charge in [-0.05, 0) is 36.1 Å². The van der Waals surface area contributed by atoms with E-state index in [0.29, 0.717) is 11.1 Å². The summed E-state index contributed by atoms with van der Waals surface area (Å²) >= 11 is 0. The molecule has 0 aromatic heterocycles. The van der Waals surface area contributed by atoms with Gasteiger partial charge in [-0.3, -0.25) is 0 Å². The van der Waals surface area contributed by atoms with Crippen molar-refractivity contribution < 1.29 is 19.8 Å². The van der Waals surface area contributed by atoms with Crippen LogP contribution in [-0.4, -0.2) is 22.2 Å². The number of benzene rings is 1. The van der Waals surface area contributed by atoms with Gasteiger partial charge in [0, 0.05) is 0 Å². The highest BCUT2D eigenvalue weighted by Gasteiger charge is 2.19. The van der Waals surface area contributed by atoms with Crippen molar-refractivity contribution in [3.05, 3.63) is 34.4 Å². The summed E-state index contributed by atoms with van der Waals surface area (Å²) in [6.07, 6.45) is 0. The average Bonchev–Trinajstić information content (AvgIpc) is 2.15. The van der Waals surface area contributed by atoms with E-state index in [9.17, 15) is 9.59 Å². The molecule has 1 aromatic rings. The number of hydrogen-bond acceptors (Lipinski definition) is 2. The van der Waals surface area contributed by atoms with E-state index in [1.165, 1.54) is 12.1 Å². The van der Waals surface area contributed by atoms with Crippen molar-refractivity contribution in [2.24, 2.45) is 0 Å². The third kappa shape index (κ3) is 2.05. The first-order chi connectivity index (χ1) is 7.36. The van der Waals surface area contributed by atoms with Crippen LogP contribution in [-0.2, 0) is 0 Å². The van der Waals surface area contributed by atoms with Gasteiger partial charge in [0.2, 0.25) is 0 Å². The smallest absolute Gasteiger partial charge is 0.335 e. The molecule has 0 aliphatic heterocycles. The van der Waals surface area contributed by atoms with Crippen molar-refractivity contribution in [3.8, 4) is 0 Å². The fourth-order valence-corrected chi connectivity index (χ4v) is 1.89. The fourth-order valence-electron chi connectivity index (χ4n) is 1.89. The van der Waals surface area contributed by atoms with Crippen molar-refractivity contribution in [1.29, 1.82) is 0 Å². The van der Waals surface area contributed by atoms with Gasteiger partial charge in [-0.1, -0.05) is 13.8 Å². The molecule has 0 saturated heterocycles. The molecule has 0 fully saturated rings. The second-order valence-corrected chi connectivity index (χ2v) is 3.96. The molecule has 0 bridgehead atoms. The summed E-state index contributed by atoms with van der Waals surface area (Å²) < 4.78 is 0. The Morgan fingerprint density at radius 1 is 1.06 bits per heavy atom. The van der Waals surface area contributed by atoms with E-state index in [1.54, 1.807) is 6.92 Å². The molecule has 1 aromatic carbocycles. The monoisotopic (exact) mass is 222 g/mol. The van der Waals surface area contributed by atoms with Crippen molar-refractivity contribution in [3.63, 3.8) is 0 Å². The lowest BCUT2D eigenvalue weighted by Crippen LogP contribution is -2.10. The van der Waals surface area contributed by atoms with Gasteiger partial charge in [0.05, 0.1) is 11.1 Å². The molecular formula is C12H14O4. The van der Waals surface area contributed by atoms with Gasteiger partial charge in [0.25, 0.3) is 0 Å². The Morgan fingerprint density at radius 3 is 1.88 bits per heavy atom. The van der Waals surface area contributed by atoms with Crippen LogP contribution in [0.1, 0.15) is 51.6 Å². The SMILES string of the molecule is Cc1c(C(=O)O)ccc(C(=O)O)c1C(C)C. The van der Waals surface area contributed by atoms with Gasteiger partial charge in [-0.25, -0.2) is 9.59 Å². The van der Waals surface area contributed by atoms with Crippen LogP contribution in [0.4, 0.5) is 0 Å². The first-order valence-electron chi connectivity index (χ1n) is 4.96. The third-order valence-corrected chi connectivity index (χ3v) is 2.55. The second kappa shape index (κ2) is 4.35. The fraction of sp³-hybridized carbons (Fsp3) is 0.333. The molecule has 4 nitrogen and oxygen atoms in total. The Balaban J connectivity index is 3.54. The van der Waals surface area contributed by atoms with Crippen LogP contribution in [0.3, 0.4) is 0 Å². The second-order valence-electron chi connectivity index (χ2n) is 3.96. The molecule has 0 unspecified atom stereocenters. The van der Waals surface area contributed by atoms with Gasteiger partial charge in [-0.15, -0.1) is 0 Å². The Hall–Kier alpha value is -1.84. The van der Waals surface area contributed by atoms with Gasteiger partial charge in [-0.2, -0.15) is 0 Å². The zero-order valence-electron chi connectivity index (χ0n) is 9.44. The van der Waals surface area contributed by atoms with E-state index in [1.807, 2.05) is 13.8 Å². The molecule has 0 aliphatic carbocycles. The Bertz CT molecular complexity index is 447. The van der Waals surface area contributed by atoms with Crippen molar-refractivity contribution in [2.45, 2.75) is 26.7 Å². The molecule has 0 amide bonds. The minimum absolute atomic E-state index is 0.0228. The van der Waals surface area contributed by atoms with Gasteiger partial charge >= 0.3 is 11.9 Å². The number of rotatable bonds is 3. The van der Waals surface area contributed by atoms with Gasteiger partial charge < -0.3 is 10.2 Å². The van der Waals surface area contributed by atoms with Crippen LogP contribution in [0.15, 0.2) is 12.1 Å². The summed E-state index contributed by atoms with van der Waals surface area (Å²) in [7, 11) is 0. The first kappa shape index (κ1) is 12.2. The van der Waals surface area contributed by atoms with E-state index in [0.717, 1.165) is 0 Å². The minimum Gasteiger partial charge on any atom is -0.478 e. The van der Waals surface area contributed by atoms with Gasteiger partial charge in [0.1, 0.15) is 0 Å². The van der Waals surface area contributed by atoms with E-state index < -0.39 is 11.9 Å². The number of aromatic carboxylic acids is 2. The Morgan fingerprint density at radius 2 is 1.50 bits per heavy atom. The standard InChI is InChI=1S/C12H14O4/c1-6(2)10-7(3)8(11(13)14)4-5-9(10)12(15)16/h4-6H,1-3H3,(H,13,14)(H,15,16). The average molecular weight is 222 g/mol. The number of carboxylic acid groups (broad SMARTS) is 2. The van der Waals surface area contributed by atoms with Crippen molar-refractivity contribution >= 4 is 11.9 Å². The summed E-state index contributed by atoms with van der Waals surface area (Å²) in [5.41, 5.74) is 1.46. The summed E-state index contributed by atoms with van der Waals surface area (Å²) in [6.45, 7) is 5.34. The lowest BCUT2D eigenvalue weighted by atomic mass is 9.89. The number of carbonyl (C=O) groups is 2. The number of hydrogen-bond donors (Lipinski definition) is 2. The molecule has 1 rings (SSSR count). The van der Waals surface area contributed by atoms with Crippen LogP contribution in [0, 0.1) is 6.92 Å². The molecule has 2 N–H and O–H groups in total. The summed E-state index contributed by atoms with van der Waals surface area (Å²) in [5.74, 6) is -2.08. The van der Waals surface area contributed by atoms with E-state index in [4.69, 9.17) is 10.2 Å². The lowest BCUT2D eigenvalue weighted by Gasteiger charge is -2.15. The molecule has 0 heterocycles. The van der Waals surface area contributed by atoms with Crippen molar-refractivity contribution in [1.82, 2.24) is 0 Å². The molecule has 0 saturated carbocycles. The summed E-state index contributed by atoms with van der Waals surface area (Å²) in [6, 6.07) is 2.70. The maximum atomic E-state index is 11.0. The van der Waals surface area contributed by atoms with Crippen molar-refractivity contribution in [2.75, 3.05) is 0 Å². The van der Waals surface area contributed by atoms with Crippen LogP contribution in [0.2, 0.25) is 0 Å². The highest BCUT2D eigenvalue weighted by molar-refractivity contribution is 5.95. The highest BCUT2D eigenvalue weighted by Crippen LogP contribution is 2.26. The molecule has 0 spiro atoms. The summed E-state index contributed by atoms with van der Waals surface area (Å²) in [5, 5.41) is 18.0. The molecule has 0 aliphatic rings. The quantitative estimate of drug-likeness (QED) is 0.824.